The van der Waals surface area contributed by atoms with Gasteiger partial charge in [0, 0.05) is 0 Å². The zero-order valence-electron chi connectivity index (χ0n) is 17.8. The van der Waals surface area contributed by atoms with Gasteiger partial charge >= 0.3 is 23.9 Å². The smallest absolute Gasteiger partial charge is 0.348 e. The molecule has 10 nitrogen and oxygen atoms in total. The number of hydrogen-bond acceptors (Lipinski definition) is 10. The molecule has 12 heteroatoms. The van der Waals surface area contributed by atoms with Crippen molar-refractivity contribution >= 4 is 63.2 Å². The van der Waals surface area contributed by atoms with Gasteiger partial charge in [-0.1, -0.05) is 0 Å². The molecule has 0 aliphatic rings. The molecule has 0 atom stereocenters. The van der Waals surface area contributed by atoms with E-state index in [1.807, 2.05) is 0 Å². The van der Waals surface area contributed by atoms with Crippen molar-refractivity contribution in [2.45, 2.75) is 6.92 Å². The van der Waals surface area contributed by atoms with E-state index in [1.165, 1.54) is 46.6 Å². The first-order valence-corrected chi connectivity index (χ1v) is 10.1. The fraction of sp³-hybridized carbons (Fsp3) is 0.250. The summed E-state index contributed by atoms with van der Waals surface area (Å²) in [5.74, 6) is -2.58. The van der Waals surface area contributed by atoms with E-state index in [2.05, 4.69) is 10.6 Å². The molecule has 1 heterocycles. The first kappa shape index (κ1) is 24.8. The second-order valence-corrected chi connectivity index (χ2v) is 7.49. The summed E-state index contributed by atoms with van der Waals surface area (Å²) in [5.41, 5.74) is 0.912. The molecular weight excluding hydrogens is 460 g/mol. The Hall–Kier alpha value is -3.51. The lowest BCUT2D eigenvalue weighted by Gasteiger charge is -2.14. The SMILES string of the molecule is COC(=O)c1ccc(C(=O)OC)c(NC(=S)Nc2sc(C(=O)OC)c(C)c2C(=O)OC)c1. The Balaban J connectivity index is 2.42. The number of rotatable bonds is 6. The van der Waals surface area contributed by atoms with E-state index in [0.717, 1.165) is 11.3 Å². The third-order valence-electron chi connectivity index (χ3n) is 4.23. The van der Waals surface area contributed by atoms with Crippen LogP contribution in [0.4, 0.5) is 10.7 Å². The zero-order chi connectivity index (χ0) is 24.0. The van der Waals surface area contributed by atoms with E-state index in [-0.39, 0.29) is 37.4 Å². The van der Waals surface area contributed by atoms with Crippen LogP contribution in [0.25, 0.3) is 0 Å². The highest BCUT2D eigenvalue weighted by Crippen LogP contribution is 2.34. The van der Waals surface area contributed by atoms with Crippen LogP contribution < -0.4 is 10.6 Å². The molecule has 170 valence electrons. The third kappa shape index (κ3) is 5.21. The van der Waals surface area contributed by atoms with Crippen LogP contribution in [-0.2, 0) is 18.9 Å². The van der Waals surface area contributed by atoms with Gasteiger partial charge in [0.05, 0.1) is 50.8 Å². The molecule has 32 heavy (non-hydrogen) atoms. The van der Waals surface area contributed by atoms with Crippen molar-refractivity contribution in [3.63, 3.8) is 0 Å². The molecule has 0 spiro atoms. The number of carbonyl (C=O) groups is 4. The largest absolute Gasteiger partial charge is 0.465 e. The molecule has 0 aliphatic carbocycles. The number of nitrogens with one attached hydrogen (secondary N) is 2. The Labute approximate surface area is 192 Å². The quantitative estimate of drug-likeness (QED) is 0.359. The van der Waals surface area contributed by atoms with Crippen LogP contribution in [-0.4, -0.2) is 57.4 Å². The lowest BCUT2D eigenvalue weighted by molar-refractivity contribution is 0.0587. The molecular formula is C20H20N2O8S2. The van der Waals surface area contributed by atoms with E-state index in [4.69, 9.17) is 31.2 Å². The highest BCUT2D eigenvalue weighted by atomic mass is 32.1. The Kier molecular flexibility index (Phi) is 8.27. The zero-order valence-corrected chi connectivity index (χ0v) is 19.4. The minimum Gasteiger partial charge on any atom is -0.465 e. The number of ether oxygens (including phenoxy) is 4. The highest BCUT2D eigenvalue weighted by molar-refractivity contribution is 7.80. The molecule has 0 aliphatic heterocycles. The third-order valence-corrected chi connectivity index (χ3v) is 5.62. The second kappa shape index (κ2) is 10.7. The van der Waals surface area contributed by atoms with Crippen molar-refractivity contribution in [3.8, 4) is 0 Å². The number of anilines is 2. The molecule has 2 rings (SSSR count). The number of hydrogen-bond donors (Lipinski definition) is 2. The van der Waals surface area contributed by atoms with Crippen LogP contribution in [0, 0.1) is 6.92 Å². The Morgan fingerprint density at radius 2 is 1.44 bits per heavy atom. The average Bonchev–Trinajstić information content (AvgIpc) is 3.12. The van der Waals surface area contributed by atoms with Gasteiger partial charge in [0.1, 0.15) is 9.88 Å². The minimum atomic E-state index is -0.679. The van der Waals surface area contributed by atoms with Gasteiger partial charge in [-0.15, -0.1) is 11.3 Å². The maximum absolute atomic E-state index is 12.3. The summed E-state index contributed by atoms with van der Waals surface area (Å²) < 4.78 is 19.0. The summed E-state index contributed by atoms with van der Waals surface area (Å²) in [6, 6.07) is 4.15. The van der Waals surface area contributed by atoms with Gasteiger partial charge in [-0.05, 0) is 42.9 Å². The maximum Gasteiger partial charge on any atom is 0.348 e. The molecule has 0 bridgehead atoms. The van der Waals surface area contributed by atoms with Crippen LogP contribution in [0.2, 0.25) is 0 Å². The summed E-state index contributed by atoms with van der Waals surface area (Å²) in [6.45, 7) is 1.58. The Bertz CT molecular complexity index is 1090. The summed E-state index contributed by atoms with van der Waals surface area (Å²) in [6.07, 6.45) is 0. The van der Waals surface area contributed by atoms with E-state index in [1.54, 1.807) is 6.92 Å². The lowest BCUT2D eigenvalue weighted by atomic mass is 10.1. The summed E-state index contributed by atoms with van der Waals surface area (Å²) in [7, 11) is 4.87. The summed E-state index contributed by atoms with van der Waals surface area (Å²) in [5, 5.41) is 5.83. The van der Waals surface area contributed by atoms with Gasteiger partial charge < -0.3 is 29.6 Å². The van der Waals surface area contributed by atoms with Gasteiger partial charge in [-0.3, -0.25) is 0 Å². The number of esters is 4. The molecule has 1 aromatic heterocycles. The van der Waals surface area contributed by atoms with Crippen molar-refractivity contribution in [1.29, 1.82) is 0 Å². The predicted molar refractivity (Wildman–Crippen MR) is 121 cm³/mol. The summed E-state index contributed by atoms with van der Waals surface area (Å²) in [4.78, 5) is 48.5. The van der Waals surface area contributed by atoms with E-state index < -0.39 is 23.9 Å². The topological polar surface area (TPSA) is 129 Å². The predicted octanol–water partition coefficient (Wildman–Crippen LogP) is 3.01. The first-order valence-electron chi connectivity index (χ1n) is 8.87. The van der Waals surface area contributed by atoms with Crippen LogP contribution in [0.1, 0.15) is 46.3 Å². The van der Waals surface area contributed by atoms with Crippen molar-refractivity contribution in [2.75, 3.05) is 39.1 Å². The normalized spacial score (nSPS) is 10.0. The standard InChI is InChI=1S/C20H20N2O8S2/c1-9-13(18(25)29-4)15(32-14(9)19(26)30-5)22-20(31)21-12-8-10(16(23)27-2)6-7-11(12)17(24)28-3/h6-8H,1-5H3,(H2,21,22,31). The van der Waals surface area contributed by atoms with Crippen molar-refractivity contribution in [3.05, 3.63) is 45.3 Å². The molecule has 0 saturated carbocycles. The van der Waals surface area contributed by atoms with Crippen LogP contribution in [0.3, 0.4) is 0 Å². The van der Waals surface area contributed by atoms with Crippen LogP contribution >= 0.6 is 23.6 Å². The monoisotopic (exact) mass is 480 g/mol. The van der Waals surface area contributed by atoms with Crippen molar-refractivity contribution < 1.29 is 38.1 Å². The van der Waals surface area contributed by atoms with Gasteiger partial charge in [0.15, 0.2) is 5.11 Å². The van der Waals surface area contributed by atoms with Gasteiger partial charge in [0.2, 0.25) is 0 Å². The first-order chi connectivity index (χ1) is 15.2. The second-order valence-electron chi connectivity index (χ2n) is 6.07. The average molecular weight is 481 g/mol. The van der Waals surface area contributed by atoms with Gasteiger partial charge in [0.25, 0.3) is 0 Å². The molecule has 0 saturated heterocycles. The molecule has 1 aromatic carbocycles. The molecule has 0 fully saturated rings. The van der Waals surface area contributed by atoms with Crippen LogP contribution in [0.5, 0.6) is 0 Å². The Morgan fingerprint density at radius 3 is 2.00 bits per heavy atom. The fourth-order valence-corrected chi connectivity index (χ4v) is 4.07. The van der Waals surface area contributed by atoms with Crippen LogP contribution in [0.15, 0.2) is 18.2 Å². The number of thiophene rings is 1. The van der Waals surface area contributed by atoms with Crippen molar-refractivity contribution in [2.24, 2.45) is 0 Å². The van der Waals surface area contributed by atoms with Gasteiger partial charge in [-0.2, -0.15) is 0 Å². The van der Waals surface area contributed by atoms with Crippen molar-refractivity contribution in [1.82, 2.24) is 0 Å². The fourth-order valence-electron chi connectivity index (χ4n) is 2.67. The lowest BCUT2D eigenvalue weighted by Crippen LogP contribution is -2.22. The Morgan fingerprint density at radius 1 is 0.844 bits per heavy atom. The maximum atomic E-state index is 12.3. The molecule has 0 amide bonds. The highest BCUT2D eigenvalue weighted by Gasteiger charge is 2.26. The summed E-state index contributed by atoms with van der Waals surface area (Å²) >= 11 is 6.26. The molecule has 0 radical (unpaired) electrons. The van der Waals surface area contributed by atoms with E-state index in [9.17, 15) is 19.2 Å². The number of thiocarbonyl (C=S) groups is 1. The number of methoxy groups -OCH3 is 4. The minimum absolute atomic E-state index is 0.0278. The van der Waals surface area contributed by atoms with E-state index in [0.29, 0.717) is 5.56 Å². The van der Waals surface area contributed by atoms with E-state index >= 15 is 0 Å². The number of carbonyl (C=O) groups excluding carboxylic acids is 4. The molecule has 0 unspecified atom stereocenters. The molecule has 2 N–H and O–H groups in total. The molecule has 2 aromatic rings. The van der Waals surface area contributed by atoms with Gasteiger partial charge in [-0.25, -0.2) is 19.2 Å². The number of benzene rings is 1.